The summed E-state index contributed by atoms with van der Waals surface area (Å²) in [6.45, 7) is 4.48. The van der Waals surface area contributed by atoms with Crippen molar-refractivity contribution in [2.75, 3.05) is 13.2 Å². The lowest BCUT2D eigenvalue weighted by atomic mass is 10.3. The minimum atomic E-state index is -0.647. The second-order valence-corrected chi connectivity index (χ2v) is 4.28. The van der Waals surface area contributed by atoms with E-state index in [0.29, 0.717) is 12.3 Å². The molecule has 1 aromatic rings. The van der Waals surface area contributed by atoms with Crippen molar-refractivity contribution < 1.29 is 14.8 Å². The number of nitro benzene ring substituents is 1. The summed E-state index contributed by atoms with van der Waals surface area (Å²) in [7, 11) is 0. The van der Waals surface area contributed by atoms with Crippen LogP contribution in [0.2, 0.25) is 0 Å². The van der Waals surface area contributed by atoms with Crippen molar-refractivity contribution in [3.8, 4) is 5.75 Å². The quantitative estimate of drug-likeness (QED) is 0.566. The van der Waals surface area contributed by atoms with E-state index in [1.54, 1.807) is 12.1 Å². The van der Waals surface area contributed by atoms with E-state index < -0.39 is 11.0 Å². The molecule has 0 aliphatic carbocycles. The van der Waals surface area contributed by atoms with Gasteiger partial charge >= 0.3 is 0 Å². The van der Waals surface area contributed by atoms with Crippen LogP contribution in [0.15, 0.2) is 24.3 Å². The van der Waals surface area contributed by atoms with Crippen molar-refractivity contribution >= 4 is 5.69 Å². The predicted molar refractivity (Wildman–Crippen MR) is 67.7 cm³/mol. The fourth-order valence-corrected chi connectivity index (χ4v) is 1.31. The molecule has 0 amide bonds. The highest BCUT2D eigenvalue weighted by molar-refractivity contribution is 5.37. The lowest BCUT2D eigenvalue weighted by molar-refractivity contribution is -0.384. The number of hydrogen-bond donors (Lipinski definition) is 2. The van der Waals surface area contributed by atoms with Crippen molar-refractivity contribution in [3.63, 3.8) is 0 Å². The molecular formula is C12H18N2O4. The van der Waals surface area contributed by atoms with E-state index in [0.717, 1.165) is 0 Å². The summed E-state index contributed by atoms with van der Waals surface area (Å²) in [5, 5.41) is 23.2. The van der Waals surface area contributed by atoms with Crippen molar-refractivity contribution in [1.82, 2.24) is 5.32 Å². The molecule has 2 N–H and O–H groups in total. The Hall–Kier alpha value is -1.66. The minimum Gasteiger partial charge on any atom is -0.491 e. The normalized spacial score (nSPS) is 12.4. The average molecular weight is 254 g/mol. The Kier molecular flexibility index (Phi) is 5.54. The van der Waals surface area contributed by atoms with Gasteiger partial charge in [0.2, 0.25) is 0 Å². The lowest BCUT2D eigenvalue weighted by Gasteiger charge is -2.14. The van der Waals surface area contributed by atoms with Crippen molar-refractivity contribution in [1.29, 1.82) is 0 Å². The minimum absolute atomic E-state index is 0.0257. The third-order valence-electron chi connectivity index (χ3n) is 2.23. The van der Waals surface area contributed by atoms with E-state index in [1.807, 2.05) is 13.8 Å². The second-order valence-electron chi connectivity index (χ2n) is 4.28. The summed E-state index contributed by atoms with van der Waals surface area (Å²) in [5.41, 5.74) is -0.0257. The maximum absolute atomic E-state index is 10.6. The summed E-state index contributed by atoms with van der Waals surface area (Å²) < 4.78 is 5.30. The zero-order valence-corrected chi connectivity index (χ0v) is 10.5. The smallest absolute Gasteiger partial charge is 0.273 e. The van der Waals surface area contributed by atoms with E-state index in [1.165, 1.54) is 12.1 Å². The highest BCUT2D eigenvalue weighted by Gasteiger charge is 2.09. The average Bonchev–Trinajstić information content (AvgIpc) is 2.34. The highest BCUT2D eigenvalue weighted by Crippen LogP contribution is 2.19. The molecule has 0 aliphatic rings. The first kappa shape index (κ1) is 14.4. The molecule has 0 aromatic heterocycles. The number of benzene rings is 1. The van der Waals surface area contributed by atoms with E-state index in [-0.39, 0.29) is 18.3 Å². The predicted octanol–water partition coefficient (Wildman–Crippen LogP) is 1.33. The highest BCUT2D eigenvalue weighted by atomic mass is 16.6. The zero-order valence-electron chi connectivity index (χ0n) is 10.5. The van der Waals surface area contributed by atoms with Gasteiger partial charge in [-0.2, -0.15) is 0 Å². The number of ether oxygens (including phenoxy) is 1. The molecule has 1 aromatic carbocycles. The van der Waals surface area contributed by atoms with E-state index in [2.05, 4.69) is 5.32 Å². The van der Waals surface area contributed by atoms with Crippen LogP contribution in [0.4, 0.5) is 5.69 Å². The molecule has 0 saturated carbocycles. The number of rotatable bonds is 7. The van der Waals surface area contributed by atoms with Gasteiger partial charge in [0.15, 0.2) is 0 Å². The van der Waals surface area contributed by atoms with Crippen LogP contribution in [0.3, 0.4) is 0 Å². The number of nitrogens with zero attached hydrogens (tertiary/aromatic N) is 1. The van der Waals surface area contributed by atoms with Crippen LogP contribution in [-0.4, -0.2) is 35.3 Å². The molecule has 0 spiro atoms. The molecule has 0 aliphatic heterocycles. The van der Waals surface area contributed by atoms with Crippen molar-refractivity contribution in [2.24, 2.45) is 0 Å². The van der Waals surface area contributed by atoms with Gasteiger partial charge in [-0.3, -0.25) is 10.1 Å². The van der Waals surface area contributed by atoms with Crippen LogP contribution in [-0.2, 0) is 0 Å². The fourth-order valence-electron chi connectivity index (χ4n) is 1.31. The van der Waals surface area contributed by atoms with Gasteiger partial charge < -0.3 is 15.2 Å². The number of aliphatic hydroxyl groups is 1. The molecule has 0 radical (unpaired) electrons. The van der Waals surface area contributed by atoms with Crippen LogP contribution >= 0.6 is 0 Å². The SMILES string of the molecule is CC(C)NC[C@H](O)COc1cccc([N+](=O)[O-])c1. The Morgan fingerprint density at radius 3 is 2.83 bits per heavy atom. The summed E-state index contributed by atoms with van der Waals surface area (Å²) >= 11 is 0. The van der Waals surface area contributed by atoms with Gasteiger partial charge in [-0.05, 0) is 6.07 Å². The van der Waals surface area contributed by atoms with E-state index in [4.69, 9.17) is 4.74 Å². The van der Waals surface area contributed by atoms with E-state index in [9.17, 15) is 15.2 Å². The molecule has 0 heterocycles. The Labute approximate surface area is 106 Å². The summed E-state index contributed by atoms with van der Waals surface area (Å²) in [5.74, 6) is 0.382. The number of non-ortho nitro benzene ring substituents is 1. The van der Waals surface area contributed by atoms with Crippen molar-refractivity contribution in [2.45, 2.75) is 26.0 Å². The van der Waals surface area contributed by atoms with Gasteiger partial charge in [0.05, 0.1) is 11.0 Å². The topological polar surface area (TPSA) is 84.6 Å². The first-order valence-corrected chi connectivity index (χ1v) is 5.77. The van der Waals surface area contributed by atoms with Crippen LogP contribution in [0.25, 0.3) is 0 Å². The third kappa shape index (κ3) is 5.11. The van der Waals surface area contributed by atoms with Gasteiger partial charge in [-0.15, -0.1) is 0 Å². The number of nitrogens with one attached hydrogen (secondary N) is 1. The maximum Gasteiger partial charge on any atom is 0.273 e. The Bertz CT molecular complexity index is 395. The monoisotopic (exact) mass is 254 g/mol. The zero-order chi connectivity index (χ0) is 13.5. The van der Waals surface area contributed by atoms with Crippen molar-refractivity contribution in [3.05, 3.63) is 34.4 Å². The van der Waals surface area contributed by atoms with Gasteiger partial charge in [0.1, 0.15) is 18.5 Å². The first-order chi connectivity index (χ1) is 8.49. The second kappa shape index (κ2) is 6.93. The van der Waals surface area contributed by atoms with E-state index >= 15 is 0 Å². The Morgan fingerprint density at radius 1 is 1.50 bits per heavy atom. The fraction of sp³-hybridized carbons (Fsp3) is 0.500. The lowest BCUT2D eigenvalue weighted by Crippen LogP contribution is -2.35. The molecule has 0 unspecified atom stereocenters. The molecule has 6 heteroatoms. The molecule has 18 heavy (non-hydrogen) atoms. The van der Waals surface area contributed by atoms with Gasteiger partial charge in [0.25, 0.3) is 5.69 Å². The largest absolute Gasteiger partial charge is 0.491 e. The number of nitro groups is 1. The molecule has 1 rings (SSSR count). The maximum atomic E-state index is 10.6. The van der Waals surface area contributed by atoms with Crippen LogP contribution < -0.4 is 10.1 Å². The Balaban J connectivity index is 2.43. The first-order valence-electron chi connectivity index (χ1n) is 5.77. The third-order valence-corrected chi connectivity index (χ3v) is 2.23. The van der Waals surface area contributed by atoms with Crippen LogP contribution in [0, 0.1) is 10.1 Å². The van der Waals surface area contributed by atoms with Gasteiger partial charge in [0, 0.05) is 18.7 Å². The molecule has 1 atom stereocenters. The molecule has 100 valence electrons. The van der Waals surface area contributed by atoms with Gasteiger partial charge in [-0.25, -0.2) is 0 Å². The molecule has 0 bridgehead atoms. The van der Waals surface area contributed by atoms with Crippen LogP contribution in [0.1, 0.15) is 13.8 Å². The molecule has 0 saturated heterocycles. The van der Waals surface area contributed by atoms with Gasteiger partial charge in [-0.1, -0.05) is 19.9 Å². The Morgan fingerprint density at radius 2 is 2.22 bits per heavy atom. The summed E-state index contributed by atoms with van der Waals surface area (Å²) in [6.07, 6.45) is -0.647. The summed E-state index contributed by atoms with van der Waals surface area (Å²) in [6, 6.07) is 6.19. The number of aliphatic hydroxyl groups excluding tert-OH is 1. The molecule has 6 nitrogen and oxygen atoms in total. The molecular weight excluding hydrogens is 236 g/mol. The molecule has 0 fully saturated rings. The summed E-state index contributed by atoms with van der Waals surface area (Å²) in [4.78, 5) is 10.1. The standard InChI is InChI=1S/C12H18N2O4/c1-9(2)13-7-11(15)8-18-12-5-3-4-10(6-12)14(16)17/h3-6,9,11,13,15H,7-8H2,1-2H3/t11-/m0/s1. The van der Waals surface area contributed by atoms with Crippen LogP contribution in [0.5, 0.6) is 5.75 Å². The number of hydrogen-bond acceptors (Lipinski definition) is 5.